The molecule has 0 aliphatic heterocycles. The van der Waals surface area contributed by atoms with Crippen molar-refractivity contribution in [2.75, 3.05) is 7.11 Å². The second-order valence-corrected chi connectivity index (χ2v) is 9.21. The van der Waals surface area contributed by atoms with Crippen LogP contribution in [0.2, 0.25) is 0 Å². The predicted molar refractivity (Wildman–Crippen MR) is 142 cm³/mol. The predicted octanol–water partition coefficient (Wildman–Crippen LogP) is 5.25. The molecule has 0 fully saturated rings. The fourth-order valence-electron chi connectivity index (χ4n) is 5.38. The molecule has 37 heavy (non-hydrogen) atoms. The van der Waals surface area contributed by atoms with Gasteiger partial charge in [-0.2, -0.15) is 10.5 Å². The van der Waals surface area contributed by atoms with E-state index in [9.17, 15) is 15.3 Å². The molecule has 1 heterocycles. The Morgan fingerprint density at radius 2 is 1.62 bits per heavy atom. The standard InChI is InChI=1S/C31H26N4O2/c1-37-24-14-12-21(13-15-24)17-34-29-28-25(26(18-35-30(28)36)22-8-4-2-5-9-22)16-27(31(29,19-32)20-33)23-10-6-3-7-11-23/h2-15,18,27,29,34H,16-17H2,1H3,(H,35,36)/t27-,29+/m0/s1. The molecule has 0 saturated heterocycles. The minimum Gasteiger partial charge on any atom is -0.497 e. The van der Waals surface area contributed by atoms with Crippen molar-refractivity contribution >= 4 is 0 Å². The SMILES string of the molecule is COc1ccc(CN[C@@H]2c3c(c(-c4ccccc4)c[nH]c3=O)C[C@@H](c3ccccc3)C2(C#N)C#N)cc1. The van der Waals surface area contributed by atoms with Crippen molar-refractivity contribution in [1.29, 1.82) is 10.5 Å². The molecule has 2 atom stereocenters. The summed E-state index contributed by atoms with van der Waals surface area (Å²) >= 11 is 0. The summed E-state index contributed by atoms with van der Waals surface area (Å²) in [5.74, 6) is 0.303. The number of nitrogens with one attached hydrogen (secondary N) is 2. The third kappa shape index (κ3) is 4.29. The molecule has 0 bridgehead atoms. The van der Waals surface area contributed by atoms with Crippen LogP contribution in [0.25, 0.3) is 11.1 Å². The number of hydrogen-bond acceptors (Lipinski definition) is 5. The normalized spacial score (nSPS) is 17.7. The van der Waals surface area contributed by atoms with Crippen LogP contribution in [0.1, 0.15) is 34.2 Å². The number of methoxy groups -OCH3 is 1. The largest absolute Gasteiger partial charge is 0.497 e. The molecule has 0 radical (unpaired) electrons. The Balaban J connectivity index is 1.69. The average Bonchev–Trinajstić information content (AvgIpc) is 2.96. The summed E-state index contributed by atoms with van der Waals surface area (Å²) in [4.78, 5) is 16.3. The Morgan fingerprint density at radius 1 is 0.973 bits per heavy atom. The van der Waals surface area contributed by atoms with Crippen molar-refractivity contribution in [3.05, 3.63) is 124 Å². The van der Waals surface area contributed by atoms with E-state index in [1.807, 2.05) is 84.9 Å². The van der Waals surface area contributed by atoms with Crippen LogP contribution in [-0.4, -0.2) is 12.1 Å². The minimum absolute atomic E-state index is 0.289. The lowest BCUT2D eigenvalue weighted by Crippen LogP contribution is -2.47. The van der Waals surface area contributed by atoms with E-state index in [0.29, 0.717) is 18.5 Å². The molecule has 1 aliphatic carbocycles. The van der Waals surface area contributed by atoms with Gasteiger partial charge >= 0.3 is 0 Å². The van der Waals surface area contributed by atoms with Gasteiger partial charge in [0.1, 0.15) is 5.75 Å². The Labute approximate surface area is 215 Å². The zero-order valence-corrected chi connectivity index (χ0v) is 20.4. The molecule has 5 rings (SSSR count). The van der Waals surface area contributed by atoms with Gasteiger partial charge in [0.15, 0.2) is 5.41 Å². The molecular formula is C31H26N4O2. The summed E-state index contributed by atoms with van der Waals surface area (Å²) in [5, 5.41) is 24.6. The number of nitriles is 2. The maximum atomic E-state index is 13.4. The molecule has 1 aromatic heterocycles. The Hall–Kier alpha value is -4.65. The van der Waals surface area contributed by atoms with E-state index in [0.717, 1.165) is 33.6 Å². The van der Waals surface area contributed by atoms with Crippen LogP contribution >= 0.6 is 0 Å². The first-order chi connectivity index (χ1) is 18.1. The minimum atomic E-state index is -1.50. The summed E-state index contributed by atoms with van der Waals surface area (Å²) in [7, 11) is 1.61. The van der Waals surface area contributed by atoms with E-state index in [4.69, 9.17) is 4.74 Å². The molecule has 182 valence electrons. The number of hydrogen-bond donors (Lipinski definition) is 2. The fourth-order valence-corrected chi connectivity index (χ4v) is 5.38. The number of pyridine rings is 1. The van der Waals surface area contributed by atoms with Crippen LogP contribution in [0.15, 0.2) is 95.9 Å². The topological polar surface area (TPSA) is 102 Å². The molecule has 0 spiro atoms. The lowest BCUT2D eigenvalue weighted by atomic mass is 9.60. The van der Waals surface area contributed by atoms with Gasteiger partial charge in [-0.15, -0.1) is 0 Å². The Bertz CT molecular complexity index is 1520. The first kappa shape index (κ1) is 24.1. The number of H-pyrrole nitrogens is 1. The number of aromatic nitrogens is 1. The van der Waals surface area contributed by atoms with Crippen LogP contribution < -0.4 is 15.6 Å². The van der Waals surface area contributed by atoms with Gasteiger partial charge in [0.25, 0.3) is 5.56 Å². The van der Waals surface area contributed by atoms with Crippen molar-refractivity contribution in [2.45, 2.75) is 24.9 Å². The van der Waals surface area contributed by atoms with E-state index in [2.05, 4.69) is 22.4 Å². The molecule has 0 amide bonds. The second-order valence-electron chi connectivity index (χ2n) is 9.21. The van der Waals surface area contributed by atoms with E-state index >= 15 is 0 Å². The van der Waals surface area contributed by atoms with E-state index in [1.54, 1.807) is 13.3 Å². The summed E-state index contributed by atoms with van der Waals surface area (Å²) in [6.07, 6.45) is 2.14. The molecule has 0 unspecified atom stereocenters. The van der Waals surface area contributed by atoms with Crippen molar-refractivity contribution in [2.24, 2.45) is 5.41 Å². The van der Waals surface area contributed by atoms with Gasteiger partial charge in [0, 0.05) is 29.8 Å². The molecule has 6 nitrogen and oxygen atoms in total. The number of rotatable bonds is 6. The highest BCUT2D eigenvalue weighted by atomic mass is 16.5. The Morgan fingerprint density at radius 3 is 2.24 bits per heavy atom. The lowest BCUT2D eigenvalue weighted by molar-refractivity contribution is 0.263. The molecule has 2 N–H and O–H groups in total. The fraction of sp³-hybridized carbons (Fsp3) is 0.194. The van der Waals surface area contributed by atoms with Crippen molar-refractivity contribution in [1.82, 2.24) is 10.3 Å². The number of ether oxygens (including phenoxy) is 1. The van der Waals surface area contributed by atoms with Crippen molar-refractivity contribution < 1.29 is 4.74 Å². The third-order valence-electron chi connectivity index (χ3n) is 7.27. The monoisotopic (exact) mass is 486 g/mol. The first-order valence-electron chi connectivity index (χ1n) is 12.1. The highest BCUT2D eigenvalue weighted by molar-refractivity contribution is 5.69. The van der Waals surface area contributed by atoms with Crippen LogP contribution in [0, 0.1) is 28.1 Å². The smallest absolute Gasteiger partial charge is 0.253 e. The molecular weight excluding hydrogens is 460 g/mol. The molecule has 3 aromatic carbocycles. The van der Waals surface area contributed by atoms with Crippen molar-refractivity contribution in [3.63, 3.8) is 0 Å². The quantitative estimate of drug-likeness (QED) is 0.387. The zero-order chi connectivity index (χ0) is 25.8. The summed E-state index contributed by atoms with van der Waals surface area (Å²) in [6.45, 7) is 0.371. The van der Waals surface area contributed by atoms with E-state index in [-0.39, 0.29) is 5.56 Å². The van der Waals surface area contributed by atoms with Crippen LogP contribution in [0.5, 0.6) is 5.75 Å². The number of aromatic amines is 1. The summed E-state index contributed by atoms with van der Waals surface area (Å²) in [5.41, 5.74) is 3.24. The average molecular weight is 487 g/mol. The van der Waals surface area contributed by atoms with Crippen molar-refractivity contribution in [3.8, 4) is 29.0 Å². The maximum Gasteiger partial charge on any atom is 0.253 e. The molecule has 1 aliphatic rings. The van der Waals surface area contributed by atoms with Crippen LogP contribution in [-0.2, 0) is 13.0 Å². The van der Waals surface area contributed by atoms with Gasteiger partial charge in [0.05, 0.1) is 25.3 Å². The summed E-state index contributed by atoms with van der Waals surface area (Å²) < 4.78 is 5.26. The van der Waals surface area contributed by atoms with E-state index < -0.39 is 17.4 Å². The van der Waals surface area contributed by atoms with Gasteiger partial charge in [-0.1, -0.05) is 72.8 Å². The second kappa shape index (κ2) is 10.1. The number of nitrogens with zero attached hydrogens (tertiary/aromatic N) is 2. The van der Waals surface area contributed by atoms with Gasteiger partial charge in [0.2, 0.25) is 0 Å². The highest BCUT2D eigenvalue weighted by Gasteiger charge is 2.53. The highest BCUT2D eigenvalue weighted by Crippen LogP contribution is 2.52. The number of benzene rings is 3. The van der Waals surface area contributed by atoms with Gasteiger partial charge in [-0.25, -0.2) is 0 Å². The molecule has 0 saturated carbocycles. The molecule has 6 heteroatoms. The van der Waals surface area contributed by atoms with E-state index in [1.165, 1.54) is 0 Å². The van der Waals surface area contributed by atoms with Crippen LogP contribution in [0.4, 0.5) is 0 Å². The zero-order valence-electron chi connectivity index (χ0n) is 20.4. The lowest BCUT2D eigenvalue weighted by Gasteiger charge is -2.42. The van der Waals surface area contributed by atoms with Gasteiger partial charge < -0.3 is 15.0 Å². The molecule has 4 aromatic rings. The third-order valence-corrected chi connectivity index (χ3v) is 7.27. The maximum absolute atomic E-state index is 13.4. The van der Waals surface area contributed by atoms with Gasteiger partial charge in [-0.05, 0) is 40.8 Å². The summed E-state index contributed by atoms with van der Waals surface area (Å²) in [6, 6.07) is 31.0. The first-order valence-corrected chi connectivity index (χ1v) is 12.1. The van der Waals surface area contributed by atoms with Crippen LogP contribution in [0.3, 0.4) is 0 Å². The Kier molecular flexibility index (Phi) is 6.60. The number of fused-ring (bicyclic) bond motifs is 1. The van der Waals surface area contributed by atoms with Gasteiger partial charge in [-0.3, -0.25) is 4.79 Å².